The number of nitrogens with one attached hydrogen (secondary N) is 1. The minimum Gasteiger partial charge on any atom is -0.493 e. The lowest BCUT2D eigenvalue weighted by molar-refractivity contribution is 0.282. The van der Waals surface area contributed by atoms with Gasteiger partial charge in [-0.3, -0.25) is 0 Å². The number of benzene rings is 2. The number of rotatable bonds is 8. The lowest BCUT2D eigenvalue weighted by Gasteiger charge is -2.15. The summed E-state index contributed by atoms with van der Waals surface area (Å²) in [4.78, 5) is 0. The Bertz CT molecular complexity index is 653. The molecule has 24 heavy (non-hydrogen) atoms. The molecule has 0 amide bonds. The molecule has 0 saturated heterocycles. The summed E-state index contributed by atoms with van der Waals surface area (Å²) in [5.74, 6) is 2.12. The molecule has 0 saturated carbocycles. The van der Waals surface area contributed by atoms with Gasteiger partial charge >= 0.3 is 0 Å². The highest BCUT2D eigenvalue weighted by Gasteiger charge is 2.12. The number of ether oxygens (including phenoxy) is 2. The van der Waals surface area contributed by atoms with Crippen LogP contribution >= 0.6 is 15.9 Å². The lowest BCUT2D eigenvalue weighted by atomic mass is 10.1. The van der Waals surface area contributed by atoms with Crippen molar-refractivity contribution in [1.82, 2.24) is 5.32 Å². The number of halogens is 1. The molecule has 0 radical (unpaired) electrons. The molecule has 130 valence electrons. The molecule has 0 aliphatic rings. The number of methoxy groups -OCH3 is 1. The van der Waals surface area contributed by atoms with Crippen LogP contribution in [-0.2, 0) is 13.2 Å². The van der Waals surface area contributed by atoms with Gasteiger partial charge in [0.05, 0.1) is 11.6 Å². The Kier molecular flexibility index (Phi) is 7.13. The van der Waals surface area contributed by atoms with E-state index in [2.05, 4.69) is 72.3 Å². The zero-order chi connectivity index (χ0) is 17.5. The van der Waals surface area contributed by atoms with Gasteiger partial charge in [0.2, 0.25) is 0 Å². The monoisotopic (exact) mass is 391 g/mol. The van der Waals surface area contributed by atoms with Crippen molar-refractivity contribution in [3.63, 3.8) is 0 Å². The third-order valence-electron chi connectivity index (χ3n) is 3.67. The fraction of sp³-hybridized carbons (Fsp3) is 0.400. The zero-order valence-electron chi connectivity index (χ0n) is 14.9. The Morgan fingerprint density at radius 1 is 1.08 bits per heavy atom. The van der Waals surface area contributed by atoms with Gasteiger partial charge in [0, 0.05) is 6.54 Å². The van der Waals surface area contributed by atoms with Crippen molar-refractivity contribution in [2.45, 2.75) is 33.9 Å². The first-order valence-corrected chi connectivity index (χ1v) is 9.04. The third-order valence-corrected chi connectivity index (χ3v) is 4.26. The predicted molar refractivity (Wildman–Crippen MR) is 103 cm³/mol. The van der Waals surface area contributed by atoms with Crippen LogP contribution in [0.25, 0.3) is 0 Å². The highest BCUT2D eigenvalue weighted by Crippen LogP contribution is 2.37. The second kappa shape index (κ2) is 9.09. The smallest absolute Gasteiger partial charge is 0.175 e. The molecule has 2 aromatic rings. The van der Waals surface area contributed by atoms with Gasteiger partial charge in [-0.2, -0.15) is 0 Å². The van der Waals surface area contributed by atoms with Gasteiger partial charge in [0.25, 0.3) is 0 Å². The van der Waals surface area contributed by atoms with Gasteiger partial charge in [-0.25, -0.2) is 0 Å². The molecule has 4 heteroatoms. The molecule has 0 aliphatic carbocycles. The van der Waals surface area contributed by atoms with Crippen LogP contribution in [0.2, 0.25) is 0 Å². The SMILES string of the molecule is COc1cc(CNCC(C)C)cc(Br)c1OCc1ccc(C)cc1. The first-order valence-electron chi connectivity index (χ1n) is 8.25. The topological polar surface area (TPSA) is 30.5 Å². The van der Waals surface area contributed by atoms with Crippen LogP contribution in [0.3, 0.4) is 0 Å². The Balaban J connectivity index is 2.07. The van der Waals surface area contributed by atoms with E-state index in [1.54, 1.807) is 7.11 Å². The average molecular weight is 392 g/mol. The van der Waals surface area contributed by atoms with Crippen LogP contribution in [0, 0.1) is 12.8 Å². The van der Waals surface area contributed by atoms with Gasteiger partial charge in [0.1, 0.15) is 6.61 Å². The standard InChI is InChI=1S/C20H26BrNO2/c1-14(2)11-22-12-17-9-18(21)20(19(10-17)23-4)24-13-16-7-5-15(3)6-8-16/h5-10,14,22H,11-13H2,1-4H3. The normalized spacial score (nSPS) is 10.9. The van der Waals surface area contributed by atoms with Crippen molar-refractivity contribution in [2.75, 3.05) is 13.7 Å². The molecular formula is C20H26BrNO2. The van der Waals surface area contributed by atoms with Gasteiger partial charge in [-0.15, -0.1) is 0 Å². The summed E-state index contributed by atoms with van der Waals surface area (Å²) in [7, 11) is 1.67. The fourth-order valence-electron chi connectivity index (χ4n) is 2.36. The first kappa shape index (κ1) is 18.8. The van der Waals surface area contributed by atoms with Crippen LogP contribution in [-0.4, -0.2) is 13.7 Å². The van der Waals surface area contributed by atoms with Crippen molar-refractivity contribution in [1.29, 1.82) is 0 Å². The number of hydrogen-bond donors (Lipinski definition) is 1. The molecule has 2 aromatic carbocycles. The van der Waals surface area contributed by atoms with E-state index in [4.69, 9.17) is 9.47 Å². The zero-order valence-corrected chi connectivity index (χ0v) is 16.4. The van der Waals surface area contributed by atoms with Gasteiger partial charge in [0.15, 0.2) is 11.5 Å². The summed E-state index contributed by atoms with van der Waals surface area (Å²) in [5, 5.41) is 3.45. The van der Waals surface area contributed by atoms with E-state index in [0.717, 1.165) is 34.6 Å². The maximum absolute atomic E-state index is 5.99. The van der Waals surface area contributed by atoms with E-state index >= 15 is 0 Å². The Labute approximate surface area is 153 Å². The minimum atomic E-state index is 0.514. The quantitative estimate of drug-likeness (QED) is 0.679. The maximum Gasteiger partial charge on any atom is 0.175 e. The van der Waals surface area contributed by atoms with Crippen molar-refractivity contribution in [3.05, 3.63) is 57.6 Å². The fourth-order valence-corrected chi connectivity index (χ4v) is 2.96. The lowest BCUT2D eigenvalue weighted by Crippen LogP contribution is -2.19. The molecule has 1 N–H and O–H groups in total. The van der Waals surface area contributed by atoms with Gasteiger partial charge in [-0.05, 0) is 58.6 Å². The molecular weight excluding hydrogens is 366 g/mol. The minimum absolute atomic E-state index is 0.514. The molecule has 0 spiro atoms. The summed E-state index contributed by atoms with van der Waals surface area (Å²) in [5.41, 5.74) is 3.55. The largest absolute Gasteiger partial charge is 0.493 e. The highest BCUT2D eigenvalue weighted by atomic mass is 79.9. The molecule has 0 aromatic heterocycles. The second-order valence-corrected chi connectivity index (χ2v) is 7.26. The average Bonchev–Trinajstić information content (AvgIpc) is 2.54. The summed E-state index contributed by atoms with van der Waals surface area (Å²) in [6.07, 6.45) is 0. The predicted octanol–water partition coefficient (Wildman–Crippen LogP) is 5.09. The van der Waals surface area contributed by atoms with E-state index in [0.29, 0.717) is 12.5 Å². The molecule has 0 fully saturated rings. The van der Waals surface area contributed by atoms with Crippen molar-refractivity contribution in [3.8, 4) is 11.5 Å². The molecule has 0 aliphatic heterocycles. The summed E-state index contributed by atoms with van der Waals surface area (Å²) in [6.45, 7) is 8.80. The molecule has 0 unspecified atom stereocenters. The molecule has 2 rings (SSSR count). The second-order valence-electron chi connectivity index (χ2n) is 6.41. The van der Waals surface area contributed by atoms with E-state index in [1.165, 1.54) is 11.1 Å². The Morgan fingerprint density at radius 3 is 2.42 bits per heavy atom. The number of aryl methyl sites for hydroxylation is 1. The Hall–Kier alpha value is -1.52. The van der Waals surface area contributed by atoms with Crippen LogP contribution in [0.4, 0.5) is 0 Å². The Morgan fingerprint density at radius 2 is 1.79 bits per heavy atom. The van der Waals surface area contributed by atoms with Crippen LogP contribution in [0.5, 0.6) is 11.5 Å². The maximum atomic E-state index is 5.99. The summed E-state index contributed by atoms with van der Waals surface area (Å²) >= 11 is 3.61. The summed E-state index contributed by atoms with van der Waals surface area (Å²) < 4.78 is 12.4. The van der Waals surface area contributed by atoms with Gasteiger partial charge in [-0.1, -0.05) is 43.7 Å². The van der Waals surface area contributed by atoms with Gasteiger partial charge < -0.3 is 14.8 Å². The van der Waals surface area contributed by atoms with Crippen molar-refractivity contribution in [2.24, 2.45) is 5.92 Å². The third kappa shape index (κ3) is 5.53. The van der Waals surface area contributed by atoms with Crippen LogP contribution < -0.4 is 14.8 Å². The highest BCUT2D eigenvalue weighted by molar-refractivity contribution is 9.10. The van der Waals surface area contributed by atoms with E-state index in [1.807, 2.05) is 6.07 Å². The molecule has 0 heterocycles. The molecule has 0 atom stereocenters. The van der Waals surface area contributed by atoms with Crippen molar-refractivity contribution < 1.29 is 9.47 Å². The number of hydrogen-bond acceptors (Lipinski definition) is 3. The van der Waals surface area contributed by atoms with Crippen LogP contribution in [0.15, 0.2) is 40.9 Å². The molecule has 3 nitrogen and oxygen atoms in total. The van der Waals surface area contributed by atoms with E-state index < -0.39 is 0 Å². The van der Waals surface area contributed by atoms with E-state index in [-0.39, 0.29) is 0 Å². The van der Waals surface area contributed by atoms with Crippen molar-refractivity contribution >= 4 is 15.9 Å². The van der Waals surface area contributed by atoms with E-state index in [9.17, 15) is 0 Å². The van der Waals surface area contributed by atoms with Crippen LogP contribution in [0.1, 0.15) is 30.5 Å². The first-order chi connectivity index (χ1) is 11.5. The molecule has 0 bridgehead atoms. The summed E-state index contributed by atoms with van der Waals surface area (Å²) in [6, 6.07) is 12.5.